The van der Waals surface area contributed by atoms with Crippen molar-refractivity contribution in [2.24, 2.45) is 4.99 Å². The van der Waals surface area contributed by atoms with E-state index in [1.54, 1.807) is 19.5 Å². The molecule has 66 valence electrons. The number of fused-ring (bicyclic) bond motifs is 1. The first-order chi connectivity index (χ1) is 6.36. The first-order valence-electron chi connectivity index (χ1n) is 3.90. The molecular formula is C9H8N2O2. The summed E-state index contributed by atoms with van der Waals surface area (Å²) in [7, 11) is 1.58. The van der Waals surface area contributed by atoms with Crippen molar-refractivity contribution >= 4 is 18.2 Å². The average Bonchev–Trinajstić information content (AvgIpc) is 2.64. The summed E-state index contributed by atoms with van der Waals surface area (Å²) >= 11 is 0. The normalized spacial score (nSPS) is 12.7. The van der Waals surface area contributed by atoms with Crippen LogP contribution < -0.4 is 4.74 Å². The lowest BCUT2D eigenvalue weighted by Crippen LogP contribution is -1.95. The minimum atomic E-state index is 0.379. The third-order valence-corrected chi connectivity index (χ3v) is 1.99. The third-order valence-electron chi connectivity index (χ3n) is 1.99. The predicted octanol–water partition coefficient (Wildman–Crippen LogP) is 1.16. The van der Waals surface area contributed by atoms with Gasteiger partial charge >= 0.3 is 0 Å². The number of carbonyl (C=O) groups excluding carboxylic acids is 1. The number of nitrogens with zero attached hydrogens (tertiary/aromatic N) is 2. The molecule has 0 unspecified atom stereocenters. The monoisotopic (exact) mass is 176 g/mol. The van der Waals surface area contributed by atoms with E-state index in [9.17, 15) is 4.79 Å². The molecule has 0 amide bonds. The van der Waals surface area contributed by atoms with Crippen LogP contribution in [0.3, 0.4) is 0 Å². The molecule has 0 N–H and O–H groups in total. The largest absolute Gasteiger partial charge is 0.495 e. The van der Waals surface area contributed by atoms with Crippen LogP contribution in [0, 0.1) is 0 Å². The molecule has 2 heterocycles. The van der Waals surface area contributed by atoms with Gasteiger partial charge in [-0.3, -0.25) is 9.79 Å². The van der Waals surface area contributed by atoms with E-state index in [0.717, 1.165) is 5.56 Å². The van der Waals surface area contributed by atoms with Gasteiger partial charge in [-0.15, -0.1) is 0 Å². The molecule has 1 aromatic heterocycles. The van der Waals surface area contributed by atoms with Gasteiger partial charge in [0.2, 0.25) is 0 Å². The Labute approximate surface area is 75.3 Å². The smallest absolute Gasteiger partial charge is 0.170 e. The Balaban J connectivity index is 2.63. The molecule has 1 aromatic rings. The van der Waals surface area contributed by atoms with Crippen LogP contribution in [-0.4, -0.2) is 24.6 Å². The van der Waals surface area contributed by atoms with Gasteiger partial charge in [-0.2, -0.15) is 0 Å². The molecule has 0 radical (unpaired) electrons. The predicted molar refractivity (Wildman–Crippen MR) is 48.0 cm³/mol. The van der Waals surface area contributed by atoms with Gasteiger partial charge in [0.05, 0.1) is 19.0 Å². The summed E-state index contributed by atoms with van der Waals surface area (Å²) in [5.41, 5.74) is 1.97. The molecule has 1 aliphatic heterocycles. The van der Waals surface area contributed by atoms with Gasteiger partial charge in [0, 0.05) is 18.2 Å². The summed E-state index contributed by atoms with van der Waals surface area (Å²) in [4.78, 5) is 18.6. The molecule has 0 atom stereocenters. The topological polar surface area (TPSA) is 51.5 Å². The van der Waals surface area contributed by atoms with Crippen LogP contribution in [0.1, 0.15) is 16.1 Å². The zero-order valence-electron chi connectivity index (χ0n) is 7.15. The molecule has 0 saturated carbocycles. The maximum atomic E-state index is 10.6. The fourth-order valence-electron chi connectivity index (χ4n) is 1.37. The van der Waals surface area contributed by atoms with Crippen LogP contribution in [0.25, 0.3) is 0 Å². The average molecular weight is 176 g/mol. The quantitative estimate of drug-likeness (QED) is 0.635. The number of rotatable bonds is 2. The van der Waals surface area contributed by atoms with Crippen LogP contribution in [-0.2, 0) is 6.42 Å². The summed E-state index contributed by atoms with van der Waals surface area (Å²) in [5, 5.41) is 0. The van der Waals surface area contributed by atoms with E-state index >= 15 is 0 Å². The molecule has 0 aliphatic carbocycles. The molecule has 0 spiro atoms. The molecular weight excluding hydrogens is 168 g/mol. The highest BCUT2D eigenvalue weighted by molar-refractivity contribution is 5.88. The van der Waals surface area contributed by atoms with Gasteiger partial charge in [0.1, 0.15) is 11.4 Å². The number of hydrogen-bond donors (Lipinski definition) is 0. The number of aliphatic imine (C=N–C) groups is 1. The Morgan fingerprint density at radius 3 is 3.15 bits per heavy atom. The fourth-order valence-corrected chi connectivity index (χ4v) is 1.37. The highest BCUT2D eigenvalue weighted by Crippen LogP contribution is 2.33. The van der Waals surface area contributed by atoms with E-state index in [-0.39, 0.29) is 0 Å². The van der Waals surface area contributed by atoms with E-state index in [4.69, 9.17) is 4.74 Å². The highest BCUT2D eigenvalue weighted by atomic mass is 16.5. The fraction of sp³-hybridized carbons (Fsp3) is 0.222. The Hall–Kier alpha value is -1.71. The van der Waals surface area contributed by atoms with Crippen molar-refractivity contribution in [2.45, 2.75) is 6.42 Å². The first-order valence-corrected chi connectivity index (χ1v) is 3.90. The van der Waals surface area contributed by atoms with E-state index in [1.165, 1.54) is 0 Å². The zero-order chi connectivity index (χ0) is 9.26. The maximum Gasteiger partial charge on any atom is 0.170 e. The second-order valence-corrected chi connectivity index (χ2v) is 2.67. The van der Waals surface area contributed by atoms with E-state index in [2.05, 4.69) is 9.98 Å². The maximum absolute atomic E-state index is 10.6. The van der Waals surface area contributed by atoms with E-state index in [1.807, 2.05) is 0 Å². The second kappa shape index (κ2) is 2.97. The highest BCUT2D eigenvalue weighted by Gasteiger charge is 2.16. The molecule has 13 heavy (non-hydrogen) atoms. The molecule has 0 aromatic carbocycles. The number of pyridine rings is 1. The van der Waals surface area contributed by atoms with Crippen molar-refractivity contribution in [3.63, 3.8) is 0 Å². The van der Waals surface area contributed by atoms with Crippen molar-refractivity contribution in [1.29, 1.82) is 0 Å². The van der Waals surface area contributed by atoms with Crippen LogP contribution in [0.15, 0.2) is 11.2 Å². The molecule has 0 saturated heterocycles. The van der Waals surface area contributed by atoms with Crippen molar-refractivity contribution in [3.05, 3.63) is 17.5 Å². The van der Waals surface area contributed by atoms with Crippen molar-refractivity contribution < 1.29 is 9.53 Å². The lowest BCUT2D eigenvalue weighted by atomic mass is 10.1. The molecule has 0 bridgehead atoms. The minimum absolute atomic E-state index is 0.379. The summed E-state index contributed by atoms with van der Waals surface area (Å²) in [5.74, 6) is 0.693. The van der Waals surface area contributed by atoms with Gasteiger partial charge < -0.3 is 4.74 Å². The molecule has 0 fully saturated rings. The van der Waals surface area contributed by atoms with Gasteiger partial charge in [-0.05, 0) is 0 Å². The molecule has 2 rings (SSSR count). The van der Waals surface area contributed by atoms with Gasteiger partial charge in [-0.1, -0.05) is 0 Å². The van der Waals surface area contributed by atoms with Crippen LogP contribution in [0.5, 0.6) is 5.75 Å². The number of aldehydes is 1. The third kappa shape index (κ3) is 1.11. The number of aromatic nitrogens is 1. The zero-order valence-corrected chi connectivity index (χ0v) is 7.15. The summed E-state index contributed by atoms with van der Waals surface area (Å²) < 4.78 is 5.10. The number of carbonyl (C=O) groups is 1. The van der Waals surface area contributed by atoms with E-state index in [0.29, 0.717) is 29.8 Å². The first kappa shape index (κ1) is 7.91. The van der Waals surface area contributed by atoms with Gasteiger partial charge in [0.15, 0.2) is 6.29 Å². The van der Waals surface area contributed by atoms with E-state index < -0.39 is 0 Å². The Bertz CT molecular complexity index is 385. The van der Waals surface area contributed by atoms with Crippen LogP contribution in [0.2, 0.25) is 0 Å². The van der Waals surface area contributed by atoms with Crippen molar-refractivity contribution in [1.82, 2.24) is 4.98 Å². The van der Waals surface area contributed by atoms with Crippen molar-refractivity contribution in [2.75, 3.05) is 7.11 Å². The summed E-state index contributed by atoms with van der Waals surface area (Å²) in [6.45, 7) is 0. The molecule has 4 nitrogen and oxygen atoms in total. The Morgan fingerprint density at radius 2 is 2.46 bits per heavy atom. The SMILES string of the molecule is COc1cnc(C=O)c2c1CC=N2. The van der Waals surface area contributed by atoms with Crippen LogP contribution in [0.4, 0.5) is 5.69 Å². The molecule has 4 heteroatoms. The summed E-state index contributed by atoms with van der Waals surface area (Å²) in [6, 6.07) is 0. The van der Waals surface area contributed by atoms with Gasteiger partial charge in [0.25, 0.3) is 0 Å². The standard InChI is InChI=1S/C9H8N2O2/c1-13-8-4-11-7(5-12)9-6(8)2-3-10-9/h3-5H,2H2,1H3. The Kier molecular flexibility index (Phi) is 1.81. The summed E-state index contributed by atoms with van der Waals surface area (Å²) in [6.07, 6.45) is 4.72. The van der Waals surface area contributed by atoms with Crippen LogP contribution >= 0.6 is 0 Å². The van der Waals surface area contributed by atoms with Gasteiger partial charge in [-0.25, -0.2) is 4.98 Å². The number of methoxy groups -OCH3 is 1. The molecule has 1 aliphatic rings. The Morgan fingerprint density at radius 1 is 1.62 bits per heavy atom. The second-order valence-electron chi connectivity index (χ2n) is 2.67. The number of hydrogen-bond acceptors (Lipinski definition) is 4. The minimum Gasteiger partial charge on any atom is -0.495 e. The lowest BCUT2D eigenvalue weighted by molar-refractivity contribution is 0.111. The lowest BCUT2D eigenvalue weighted by Gasteiger charge is -2.05. The van der Waals surface area contributed by atoms with Crippen molar-refractivity contribution in [3.8, 4) is 5.75 Å². The number of ether oxygens (including phenoxy) is 1.